The average Bonchev–Trinajstić information content (AvgIpc) is 3.17. The van der Waals surface area contributed by atoms with Crippen LogP contribution in [0.15, 0.2) is 0 Å². The van der Waals surface area contributed by atoms with Gasteiger partial charge in [0.25, 0.3) is 0 Å². The van der Waals surface area contributed by atoms with E-state index >= 15 is 0 Å². The van der Waals surface area contributed by atoms with Gasteiger partial charge < -0.3 is 25.2 Å². The van der Waals surface area contributed by atoms with Crippen LogP contribution in [-0.2, 0) is 14.3 Å². The Morgan fingerprint density at radius 2 is 2.05 bits per heavy atom. The Labute approximate surface area is 112 Å². The van der Waals surface area contributed by atoms with Crippen LogP contribution in [0.2, 0.25) is 0 Å². The van der Waals surface area contributed by atoms with Crippen LogP contribution in [-0.4, -0.2) is 56.6 Å². The second-order valence-electron chi connectivity index (χ2n) is 4.71. The molecule has 7 nitrogen and oxygen atoms in total. The van der Waals surface area contributed by atoms with Gasteiger partial charge in [-0.25, -0.2) is 4.79 Å². The molecule has 0 heterocycles. The number of carbonyl (C=O) groups excluding carboxylic acids is 1. The predicted molar refractivity (Wildman–Crippen MR) is 68.0 cm³/mol. The van der Waals surface area contributed by atoms with Crippen LogP contribution < -0.4 is 10.6 Å². The van der Waals surface area contributed by atoms with E-state index in [-0.39, 0.29) is 24.6 Å². The number of methoxy groups -OCH3 is 2. The zero-order valence-corrected chi connectivity index (χ0v) is 11.3. The van der Waals surface area contributed by atoms with Crippen LogP contribution >= 0.6 is 0 Å². The number of nitrogens with one attached hydrogen (secondary N) is 2. The molecule has 0 saturated heterocycles. The number of carboxylic acids is 1. The first-order chi connectivity index (χ1) is 9.06. The van der Waals surface area contributed by atoms with E-state index < -0.39 is 5.97 Å². The molecule has 0 bridgehead atoms. The van der Waals surface area contributed by atoms with Crippen LogP contribution in [0.5, 0.6) is 0 Å². The standard InChI is InChI=1S/C12H22N2O5/c1-18-7-9(19-2)6-13-12(17)14-10(5-11(15)16)8-3-4-8/h8-10H,3-7H2,1-2H3,(H,15,16)(H2,13,14,17). The van der Waals surface area contributed by atoms with E-state index in [2.05, 4.69) is 10.6 Å². The van der Waals surface area contributed by atoms with Crippen molar-refractivity contribution in [2.45, 2.75) is 31.4 Å². The van der Waals surface area contributed by atoms with E-state index in [4.69, 9.17) is 14.6 Å². The summed E-state index contributed by atoms with van der Waals surface area (Å²) in [5.41, 5.74) is 0. The summed E-state index contributed by atoms with van der Waals surface area (Å²) < 4.78 is 10.0. The Morgan fingerprint density at radius 3 is 2.53 bits per heavy atom. The number of ether oxygens (including phenoxy) is 2. The number of hydrogen-bond donors (Lipinski definition) is 3. The first kappa shape index (κ1) is 15.7. The van der Waals surface area contributed by atoms with E-state index in [1.807, 2.05) is 0 Å². The molecule has 0 aromatic heterocycles. The van der Waals surface area contributed by atoms with Crippen LogP contribution in [0.1, 0.15) is 19.3 Å². The van der Waals surface area contributed by atoms with Crippen molar-refractivity contribution in [3.8, 4) is 0 Å². The molecule has 2 amide bonds. The molecule has 1 saturated carbocycles. The number of urea groups is 1. The van der Waals surface area contributed by atoms with Gasteiger partial charge in [-0.05, 0) is 18.8 Å². The monoisotopic (exact) mass is 274 g/mol. The van der Waals surface area contributed by atoms with Crippen molar-refractivity contribution in [2.24, 2.45) is 5.92 Å². The highest BCUT2D eigenvalue weighted by Gasteiger charge is 2.33. The Kier molecular flexibility index (Phi) is 6.58. The molecule has 1 fully saturated rings. The minimum absolute atomic E-state index is 0.0378. The quantitative estimate of drug-likeness (QED) is 0.558. The number of amides is 2. The third-order valence-electron chi connectivity index (χ3n) is 3.08. The summed E-state index contributed by atoms with van der Waals surface area (Å²) in [4.78, 5) is 22.4. The maximum absolute atomic E-state index is 11.7. The fraction of sp³-hybridized carbons (Fsp3) is 0.833. The summed E-state index contributed by atoms with van der Waals surface area (Å²) in [5.74, 6) is -0.606. The first-order valence-electron chi connectivity index (χ1n) is 6.34. The predicted octanol–water partition coefficient (Wildman–Crippen LogP) is 0.200. The third kappa shape index (κ3) is 6.40. The van der Waals surface area contributed by atoms with E-state index in [1.54, 1.807) is 14.2 Å². The summed E-state index contributed by atoms with van der Waals surface area (Å²) in [6.45, 7) is 0.707. The second-order valence-corrected chi connectivity index (χ2v) is 4.71. The molecule has 110 valence electrons. The van der Waals surface area contributed by atoms with E-state index in [1.165, 1.54) is 0 Å². The van der Waals surface area contributed by atoms with Crippen molar-refractivity contribution in [1.29, 1.82) is 0 Å². The minimum Gasteiger partial charge on any atom is -0.481 e. The van der Waals surface area contributed by atoms with Gasteiger partial charge in [0.1, 0.15) is 0 Å². The van der Waals surface area contributed by atoms with Gasteiger partial charge >= 0.3 is 12.0 Å². The molecule has 2 unspecified atom stereocenters. The van der Waals surface area contributed by atoms with Crippen LogP contribution in [0.4, 0.5) is 4.79 Å². The molecule has 3 N–H and O–H groups in total. The lowest BCUT2D eigenvalue weighted by Gasteiger charge is -2.19. The first-order valence-corrected chi connectivity index (χ1v) is 6.34. The van der Waals surface area contributed by atoms with E-state index in [0.29, 0.717) is 19.1 Å². The van der Waals surface area contributed by atoms with E-state index in [9.17, 15) is 9.59 Å². The number of carbonyl (C=O) groups is 2. The van der Waals surface area contributed by atoms with Crippen molar-refractivity contribution in [2.75, 3.05) is 27.4 Å². The van der Waals surface area contributed by atoms with E-state index in [0.717, 1.165) is 12.8 Å². The minimum atomic E-state index is -0.897. The van der Waals surface area contributed by atoms with Crippen molar-refractivity contribution in [1.82, 2.24) is 10.6 Å². The Morgan fingerprint density at radius 1 is 1.37 bits per heavy atom. The Balaban J connectivity index is 2.29. The van der Waals surface area contributed by atoms with Gasteiger partial charge in [0.05, 0.1) is 19.1 Å². The van der Waals surface area contributed by atoms with Gasteiger partial charge in [0, 0.05) is 26.8 Å². The summed E-state index contributed by atoms with van der Waals surface area (Å²) in [6.07, 6.45) is 1.70. The molecule has 19 heavy (non-hydrogen) atoms. The summed E-state index contributed by atoms with van der Waals surface area (Å²) in [7, 11) is 3.10. The Bertz CT molecular complexity index is 306. The van der Waals surface area contributed by atoms with Crippen LogP contribution in [0.3, 0.4) is 0 Å². The number of hydrogen-bond acceptors (Lipinski definition) is 4. The third-order valence-corrected chi connectivity index (χ3v) is 3.08. The van der Waals surface area contributed by atoms with Gasteiger partial charge in [-0.3, -0.25) is 4.79 Å². The van der Waals surface area contributed by atoms with Gasteiger partial charge in [-0.1, -0.05) is 0 Å². The fourth-order valence-electron chi connectivity index (χ4n) is 1.84. The molecule has 2 atom stereocenters. The Hall–Kier alpha value is -1.34. The largest absolute Gasteiger partial charge is 0.481 e. The zero-order valence-electron chi connectivity index (χ0n) is 11.3. The van der Waals surface area contributed by atoms with Gasteiger partial charge in [-0.2, -0.15) is 0 Å². The highest BCUT2D eigenvalue weighted by Crippen LogP contribution is 2.33. The molecular formula is C12H22N2O5. The molecule has 0 aromatic rings. The molecule has 7 heteroatoms. The second kappa shape index (κ2) is 7.96. The van der Waals surface area contributed by atoms with Crippen molar-refractivity contribution in [3.05, 3.63) is 0 Å². The normalized spacial score (nSPS) is 17.6. The number of rotatable bonds is 9. The molecule has 1 aliphatic carbocycles. The summed E-state index contributed by atoms with van der Waals surface area (Å²) in [6, 6.07) is -0.655. The highest BCUT2D eigenvalue weighted by atomic mass is 16.5. The van der Waals surface area contributed by atoms with Gasteiger partial charge in [0.2, 0.25) is 0 Å². The molecule has 1 rings (SSSR count). The van der Waals surface area contributed by atoms with Crippen molar-refractivity contribution in [3.63, 3.8) is 0 Å². The van der Waals surface area contributed by atoms with Gasteiger partial charge in [0.15, 0.2) is 0 Å². The lowest BCUT2D eigenvalue weighted by molar-refractivity contribution is -0.137. The molecule has 0 aromatic carbocycles. The highest BCUT2D eigenvalue weighted by molar-refractivity contribution is 5.75. The topological polar surface area (TPSA) is 96.9 Å². The van der Waals surface area contributed by atoms with Crippen molar-refractivity contribution < 1.29 is 24.2 Å². The molecule has 0 spiro atoms. The molecule has 0 radical (unpaired) electrons. The lowest BCUT2D eigenvalue weighted by atomic mass is 10.1. The number of carboxylic acid groups (broad SMARTS) is 1. The van der Waals surface area contributed by atoms with Crippen molar-refractivity contribution >= 4 is 12.0 Å². The van der Waals surface area contributed by atoms with Crippen LogP contribution in [0.25, 0.3) is 0 Å². The summed E-state index contributed by atoms with van der Waals surface area (Å²) in [5, 5.41) is 14.2. The maximum atomic E-state index is 11.7. The molecule has 0 aliphatic heterocycles. The average molecular weight is 274 g/mol. The smallest absolute Gasteiger partial charge is 0.315 e. The summed E-state index contributed by atoms with van der Waals surface area (Å²) >= 11 is 0. The lowest BCUT2D eigenvalue weighted by Crippen LogP contribution is -2.46. The number of aliphatic carboxylic acids is 1. The molecular weight excluding hydrogens is 252 g/mol. The maximum Gasteiger partial charge on any atom is 0.315 e. The zero-order chi connectivity index (χ0) is 14.3. The van der Waals surface area contributed by atoms with Gasteiger partial charge in [-0.15, -0.1) is 0 Å². The SMILES string of the molecule is COCC(CNC(=O)NC(CC(=O)O)C1CC1)OC. The van der Waals surface area contributed by atoms with Crippen LogP contribution in [0, 0.1) is 5.92 Å². The molecule has 1 aliphatic rings. The fourth-order valence-corrected chi connectivity index (χ4v) is 1.84.